The molecule has 0 aliphatic rings. The minimum absolute atomic E-state index is 0.227. The molecular weight excluding hydrogens is 186 g/mol. The van der Waals surface area contributed by atoms with Crippen molar-refractivity contribution in [3.63, 3.8) is 0 Å². The van der Waals surface area contributed by atoms with E-state index >= 15 is 0 Å². The molecular formula is C13H12NO+. The summed E-state index contributed by atoms with van der Waals surface area (Å²) in [6.45, 7) is 0. The summed E-state index contributed by atoms with van der Waals surface area (Å²) in [6, 6.07) is 15.3. The number of benzene rings is 1. The predicted molar refractivity (Wildman–Crippen MR) is 60.0 cm³/mol. The summed E-state index contributed by atoms with van der Waals surface area (Å²) in [6.07, 6.45) is 5.57. The first-order valence-electron chi connectivity index (χ1n) is 4.78. The molecule has 1 heterocycles. The zero-order valence-electron chi connectivity index (χ0n) is 8.25. The maximum atomic E-state index is 9.50. The van der Waals surface area contributed by atoms with Crippen molar-refractivity contribution in [3.8, 4) is 5.88 Å². The highest BCUT2D eigenvalue weighted by Gasteiger charge is 2.01. The van der Waals surface area contributed by atoms with E-state index in [4.69, 9.17) is 0 Å². The Hall–Kier alpha value is -2.09. The topological polar surface area (TPSA) is 24.1 Å². The van der Waals surface area contributed by atoms with Gasteiger partial charge in [0.25, 0.3) is 0 Å². The second-order valence-electron chi connectivity index (χ2n) is 3.19. The van der Waals surface area contributed by atoms with Crippen LogP contribution in [0.15, 0.2) is 54.7 Å². The summed E-state index contributed by atoms with van der Waals surface area (Å²) in [5, 5.41) is 9.50. The van der Waals surface area contributed by atoms with Crippen LogP contribution in [0.2, 0.25) is 0 Å². The molecule has 0 bridgehead atoms. The molecule has 2 rings (SSSR count). The number of aromatic nitrogens is 1. The lowest BCUT2D eigenvalue weighted by Gasteiger charge is -1.91. The van der Waals surface area contributed by atoms with Gasteiger partial charge in [-0.25, -0.2) is 0 Å². The Morgan fingerprint density at radius 2 is 1.67 bits per heavy atom. The zero-order valence-corrected chi connectivity index (χ0v) is 8.25. The molecule has 74 valence electrons. The van der Waals surface area contributed by atoms with Crippen molar-refractivity contribution in [3.05, 3.63) is 60.3 Å². The molecule has 2 heteroatoms. The van der Waals surface area contributed by atoms with Gasteiger partial charge in [-0.15, -0.1) is 4.57 Å². The molecule has 1 aromatic heterocycles. The molecule has 0 fully saturated rings. The van der Waals surface area contributed by atoms with Crippen LogP contribution in [0.25, 0.3) is 12.3 Å². The van der Waals surface area contributed by atoms with Crippen molar-refractivity contribution in [2.75, 3.05) is 0 Å². The van der Waals surface area contributed by atoms with Gasteiger partial charge in [0.1, 0.15) is 0 Å². The van der Waals surface area contributed by atoms with Crippen LogP contribution < -0.4 is 4.57 Å². The van der Waals surface area contributed by atoms with Crippen molar-refractivity contribution in [2.24, 2.45) is 0 Å². The van der Waals surface area contributed by atoms with Crippen molar-refractivity contribution in [1.29, 1.82) is 0 Å². The first-order chi connectivity index (χ1) is 7.36. The fourth-order valence-electron chi connectivity index (χ4n) is 1.30. The van der Waals surface area contributed by atoms with Crippen LogP contribution in [0.3, 0.4) is 0 Å². The van der Waals surface area contributed by atoms with E-state index in [2.05, 4.69) is 0 Å². The molecule has 0 aliphatic carbocycles. The summed E-state index contributed by atoms with van der Waals surface area (Å²) in [7, 11) is 0. The highest BCUT2D eigenvalue weighted by molar-refractivity contribution is 5.56. The number of hydrogen-bond acceptors (Lipinski definition) is 1. The maximum absolute atomic E-state index is 9.50. The van der Waals surface area contributed by atoms with Gasteiger partial charge in [-0.3, -0.25) is 0 Å². The number of rotatable bonds is 2. The standard InChI is InChI=1S/C13H11NO/c15-13-8-4-5-10-14(13)11-9-12-6-2-1-3-7-12/h1-11H/p+1. The van der Waals surface area contributed by atoms with Gasteiger partial charge in [-0.2, -0.15) is 0 Å². The van der Waals surface area contributed by atoms with E-state index in [1.807, 2.05) is 48.7 Å². The molecule has 0 saturated carbocycles. The molecule has 2 nitrogen and oxygen atoms in total. The van der Waals surface area contributed by atoms with E-state index in [-0.39, 0.29) is 5.88 Å². The lowest BCUT2D eigenvalue weighted by atomic mass is 10.2. The van der Waals surface area contributed by atoms with Crippen molar-refractivity contribution in [2.45, 2.75) is 0 Å². The third-order valence-electron chi connectivity index (χ3n) is 2.09. The summed E-state index contributed by atoms with van der Waals surface area (Å²) in [5.41, 5.74) is 1.10. The molecule has 1 N–H and O–H groups in total. The minimum Gasteiger partial charge on any atom is -0.460 e. The van der Waals surface area contributed by atoms with E-state index in [0.29, 0.717) is 0 Å². The minimum atomic E-state index is 0.227. The number of hydrogen-bond donors (Lipinski definition) is 1. The molecule has 0 atom stereocenters. The van der Waals surface area contributed by atoms with Gasteiger partial charge in [0.05, 0.1) is 6.07 Å². The third kappa shape index (κ3) is 2.44. The Bertz CT molecular complexity index is 463. The van der Waals surface area contributed by atoms with Crippen LogP contribution >= 0.6 is 0 Å². The highest BCUT2D eigenvalue weighted by Crippen LogP contribution is 2.02. The molecule has 0 amide bonds. The van der Waals surface area contributed by atoms with E-state index in [1.165, 1.54) is 0 Å². The maximum Gasteiger partial charge on any atom is 0.370 e. The first-order valence-corrected chi connectivity index (χ1v) is 4.78. The molecule has 0 saturated heterocycles. The molecule has 2 aromatic rings. The van der Waals surface area contributed by atoms with Gasteiger partial charge < -0.3 is 5.11 Å². The summed E-state index contributed by atoms with van der Waals surface area (Å²) in [5.74, 6) is 0.227. The number of pyridine rings is 1. The van der Waals surface area contributed by atoms with Crippen molar-refractivity contribution >= 4 is 12.3 Å². The average molecular weight is 198 g/mol. The van der Waals surface area contributed by atoms with Crippen LogP contribution in [0, 0.1) is 0 Å². The Labute approximate surface area is 88.8 Å². The summed E-state index contributed by atoms with van der Waals surface area (Å²) in [4.78, 5) is 0. The fraction of sp³-hybridized carbons (Fsp3) is 0. The predicted octanol–water partition coefficient (Wildman–Crippen LogP) is 2.31. The van der Waals surface area contributed by atoms with E-state index in [1.54, 1.807) is 22.9 Å². The lowest BCUT2D eigenvalue weighted by molar-refractivity contribution is -0.576. The second kappa shape index (κ2) is 4.42. The van der Waals surface area contributed by atoms with Crippen molar-refractivity contribution < 1.29 is 9.67 Å². The molecule has 15 heavy (non-hydrogen) atoms. The van der Waals surface area contributed by atoms with E-state index in [9.17, 15) is 5.11 Å². The van der Waals surface area contributed by atoms with Gasteiger partial charge in [0, 0.05) is 12.1 Å². The lowest BCUT2D eigenvalue weighted by Crippen LogP contribution is -2.24. The fourth-order valence-corrected chi connectivity index (χ4v) is 1.30. The van der Waals surface area contributed by atoms with Crippen LogP contribution in [0.5, 0.6) is 5.88 Å². The van der Waals surface area contributed by atoms with Gasteiger partial charge in [0.15, 0.2) is 12.4 Å². The van der Waals surface area contributed by atoms with Crippen molar-refractivity contribution in [1.82, 2.24) is 0 Å². The van der Waals surface area contributed by atoms with Crippen LogP contribution in [-0.2, 0) is 0 Å². The average Bonchev–Trinajstić information content (AvgIpc) is 2.29. The molecule has 0 unspecified atom stereocenters. The van der Waals surface area contributed by atoms with Crippen LogP contribution in [0.1, 0.15) is 5.56 Å². The normalized spacial score (nSPS) is 10.7. The van der Waals surface area contributed by atoms with Gasteiger partial charge in [-0.1, -0.05) is 30.3 Å². The van der Waals surface area contributed by atoms with Gasteiger partial charge in [-0.05, 0) is 11.6 Å². The summed E-state index contributed by atoms with van der Waals surface area (Å²) < 4.78 is 1.66. The van der Waals surface area contributed by atoms with Gasteiger partial charge >= 0.3 is 5.88 Å². The molecule has 0 aliphatic heterocycles. The molecule has 1 aromatic carbocycles. The Morgan fingerprint density at radius 3 is 2.40 bits per heavy atom. The van der Waals surface area contributed by atoms with Crippen LogP contribution in [0.4, 0.5) is 0 Å². The van der Waals surface area contributed by atoms with Crippen LogP contribution in [-0.4, -0.2) is 5.11 Å². The quantitative estimate of drug-likeness (QED) is 0.736. The SMILES string of the molecule is Oc1cccc[n+]1C=Cc1ccccc1. The summed E-state index contributed by atoms with van der Waals surface area (Å²) >= 11 is 0. The van der Waals surface area contributed by atoms with Gasteiger partial charge in [0.2, 0.25) is 0 Å². The smallest absolute Gasteiger partial charge is 0.370 e. The molecule has 0 spiro atoms. The van der Waals surface area contributed by atoms with E-state index < -0.39 is 0 Å². The monoisotopic (exact) mass is 198 g/mol. The Morgan fingerprint density at radius 1 is 0.933 bits per heavy atom. The highest BCUT2D eigenvalue weighted by atomic mass is 16.3. The number of aromatic hydroxyl groups is 1. The largest absolute Gasteiger partial charge is 0.460 e. The first kappa shape index (κ1) is 9.46. The number of nitrogens with zero attached hydrogens (tertiary/aromatic N) is 1. The third-order valence-corrected chi connectivity index (χ3v) is 2.09. The van der Waals surface area contributed by atoms with E-state index in [0.717, 1.165) is 5.56 Å². The Kier molecular flexibility index (Phi) is 2.79. The zero-order chi connectivity index (χ0) is 10.5. The molecule has 0 radical (unpaired) electrons. The Balaban J connectivity index is 2.23. The second-order valence-corrected chi connectivity index (χ2v) is 3.19.